The van der Waals surface area contributed by atoms with Gasteiger partial charge in [0, 0.05) is 33.7 Å². The molecule has 2 N–H and O–H groups in total. The van der Waals surface area contributed by atoms with Gasteiger partial charge in [-0.15, -0.1) is 0 Å². The fourth-order valence-electron chi connectivity index (χ4n) is 7.19. The molecule has 0 bridgehead atoms. The number of nitrogens with one attached hydrogen (secondary N) is 1. The lowest BCUT2D eigenvalue weighted by Gasteiger charge is -2.36. The molecule has 50 heavy (non-hydrogen) atoms. The third-order valence-electron chi connectivity index (χ3n) is 10.4. The number of ketones is 1. The summed E-state index contributed by atoms with van der Waals surface area (Å²) < 4.78 is 17.1. The molecule has 0 aromatic heterocycles. The minimum absolute atomic E-state index is 0.0127. The van der Waals surface area contributed by atoms with Gasteiger partial charge in [-0.05, 0) is 77.0 Å². The van der Waals surface area contributed by atoms with E-state index in [1.807, 2.05) is 34.6 Å². The zero-order chi connectivity index (χ0) is 38.7. The van der Waals surface area contributed by atoms with Crippen molar-refractivity contribution in [2.45, 2.75) is 151 Å². The maximum absolute atomic E-state index is 13.9. The summed E-state index contributed by atoms with van der Waals surface area (Å²) in [5.74, 6) is -2.89. The Labute approximate surface area is 301 Å². The number of carboxylic acids is 1. The van der Waals surface area contributed by atoms with E-state index < -0.39 is 53.8 Å². The van der Waals surface area contributed by atoms with Crippen LogP contribution in [0.4, 0.5) is 4.79 Å². The number of carbonyl (C=O) groups is 5. The van der Waals surface area contributed by atoms with Crippen LogP contribution >= 0.6 is 0 Å². The van der Waals surface area contributed by atoms with Crippen molar-refractivity contribution in [1.29, 1.82) is 0 Å². The van der Waals surface area contributed by atoms with Crippen molar-refractivity contribution in [3.63, 3.8) is 0 Å². The van der Waals surface area contributed by atoms with Crippen LogP contribution in [0.1, 0.15) is 115 Å². The number of carboxylic acid groups (broad SMARTS) is 1. The number of aliphatic carboxylic acids is 1. The van der Waals surface area contributed by atoms with Crippen LogP contribution in [0, 0.1) is 35.5 Å². The van der Waals surface area contributed by atoms with E-state index in [0.717, 1.165) is 12.8 Å². The maximum Gasteiger partial charge on any atom is 0.410 e. The van der Waals surface area contributed by atoms with Crippen molar-refractivity contribution in [3.05, 3.63) is 0 Å². The molecule has 1 aliphatic rings. The smallest absolute Gasteiger partial charge is 0.410 e. The normalized spacial score (nSPS) is 20.0. The fraction of sp³-hybridized carbons (Fsp3) is 0.868. The van der Waals surface area contributed by atoms with E-state index >= 15 is 0 Å². The number of amides is 3. The van der Waals surface area contributed by atoms with Crippen molar-refractivity contribution in [1.82, 2.24) is 15.1 Å². The van der Waals surface area contributed by atoms with Gasteiger partial charge in [-0.25, -0.2) is 4.79 Å². The number of likely N-dealkylation sites (N-methyl/N-ethyl adjacent to an activating group) is 1. The van der Waals surface area contributed by atoms with E-state index in [1.54, 1.807) is 39.7 Å². The quantitative estimate of drug-likeness (QED) is 0.160. The first-order valence-corrected chi connectivity index (χ1v) is 18.5. The van der Waals surface area contributed by atoms with Gasteiger partial charge in [0.15, 0.2) is 5.78 Å². The number of nitrogens with zero attached hydrogens (tertiary/aromatic N) is 2. The zero-order valence-electron chi connectivity index (χ0n) is 33.4. The van der Waals surface area contributed by atoms with E-state index in [9.17, 15) is 29.1 Å². The number of methoxy groups -OCH3 is 2. The highest BCUT2D eigenvalue weighted by Crippen LogP contribution is 2.33. The lowest BCUT2D eigenvalue weighted by molar-refractivity contribution is -0.151. The zero-order valence-corrected chi connectivity index (χ0v) is 33.4. The highest BCUT2D eigenvalue weighted by atomic mass is 16.6. The molecule has 0 spiro atoms. The average Bonchev–Trinajstić information content (AvgIpc) is 3.51. The minimum Gasteiger partial charge on any atom is -0.481 e. The predicted molar refractivity (Wildman–Crippen MR) is 193 cm³/mol. The molecule has 1 heterocycles. The van der Waals surface area contributed by atoms with E-state index in [0.29, 0.717) is 25.8 Å². The SMILES string of the molecule is CC[C@H](C)[C@H](CCC(C)C(=O)[C@@H](NC(=O)[C@H](C(C)C)N(C)C(=O)OC(C)(C)C)C(C)C)[C@@H](CC(=O)N1CCC[C@H]1[C@H](OC)[C@@H](C)C(=O)O)OC. The van der Waals surface area contributed by atoms with Gasteiger partial charge in [-0.2, -0.15) is 0 Å². The minimum atomic E-state index is -0.960. The van der Waals surface area contributed by atoms with Crippen LogP contribution in [0.25, 0.3) is 0 Å². The van der Waals surface area contributed by atoms with Crippen molar-refractivity contribution in [3.8, 4) is 0 Å². The lowest BCUT2D eigenvalue weighted by Crippen LogP contribution is -2.56. The van der Waals surface area contributed by atoms with Gasteiger partial charge in [0.05, 0.1) is 36.6 Å². The van der Waals surface area contributed by atoms with Crippen molar-refractivity contribution in [2.24, 2.45) is 35.5 Å². The largest absolute Gasteiger partial charge is 0.481 e. The number of ether oxygens (including phenoxy) is 3. The summed E-state index contributed by atoms with van der Waals surface area (Å²) in [5.41, 5.74) is -0.720. The van der Waals surface area contributed by atoms with Gasteiger partial charge in [-0.1, -0.05) is 54.9 Å². The van der Waals surface area contributed by atoms with E-state index in [2.05, 4.69) is 19.2 Å². The van der Waals surface area contributed by atoms with Crippen LogP contribution in [0.3, 0.4) is 0 Å². The molecule has 290 valence electrons. The first kappa shape index (κ1) is 45.3. The Kier molecular flexibility index (Phi) is 18.4. The Morgan fingerprint density at radius 1 is 0.940 bits per heavy atom. The second-order valence-electron chi connectivity index (χ2n) is 16.0. The molecule has 1 aliphatic heterocycles. The van der Waals surface area contributed by atoms with Crippen molar-refractivity contribution in [2.75, 3.05) is 27.8 Å². The molecule has 0 aromatic rings. The molecular weight excluding hydrogens is 642 g/mol. The van der Waals surface area contributed by atoms with E-state index in [4.69, 9.17) is 14.2 Å². The van der Waals surface area contributed by atoms with Crippen molar-refractivity contribution >= 4 is 29.7 Å². The number of carbonyl (C=O) groups excluding carboxylic acids is 4. The van der Waals surface area contributed by atoms with Crippen LogP contribution < -0.4 is 5.32 Å². The van der Waals surface area contributed by atoms with Gasteiger partial charge in [0.1, 0.15) is 11.6 Å². The average molecular weight is 712 g/mol. The van der Waals surface area contributed by atoms with E-state index in [-0.39, 0.29) is 53.7 Å². The summed E-state index contributed by atoms with van der Waals surface area (Å²) in [4.78, 5) is 68.9. The summed E-state index contributed by atoms with van der Waals surface area (Å²) in [6, 6.07) is -1.90. The topological polar surface area (TPSA) is 152 Å². The second-order valence-corrected chi connectivity index (χ2v) is 16.0. The summed E-state index contributed by atoms with van der Waals surface area (Å²) in [7, 11) is 4.64. The van der Waals surface area contributed by atoms with Crippen LogP contribution in [0.5, 0.6) is 0 Å². The highest BCUT2D eigenvalue weighted by Gasteiger charge is 2.41. The number of rotatable bonds is 20. The molecular formula is C38H69N3O9. The summed E-state index contributed by atoms with van der Waals surface area (Å²) in [6.45, 7) is 21.0. The van der Waals surface area contributed by atoms with Crippen LogP contribution in [-0.4, -0.2) is 108 Å². The fourth-order valence-corrected chi connectivity index (χ4v) is 7.19. The van der Waals surface area contributed by atoms with Gasteiger partial charge in [-0.3, -0.25) is 24.1 Å². The van der Waals surface area contributed by atoms with Gasteiger partial charge >= 0.3 is 12.1 Å². The summed E-state index contributed by atoms with van der Waals surface area (Å²) in [6.07, 6.45) is 2.03. The maximum atomic E-state index is 13.9. The Balaban J connectivity index is 3.10. The third kappa shape index (κ3) is 12.8. The van der Waals surface area contributed by atoms with Crippen LogP contribution in [-0.2, 0) is 33.4 Å². The third-order valence-corrected chi connectivity index (χ3v) is 10.4. The molecule has 12 heteroatoms. The molecule has 1 unspecified atom stereocenters. The first-order valence-electron chi connectivity index (χ1n) is 18.5. The molecule has 3 amide bonds. The Hall–Kier alpha value is -2.73. The van der Waals surface area contributed by atoms with Gasteiger partial charge in [0.25, 0.3) is 0 Å². The molecule has 1 saturated heterocycles. The molecule has 0 aromatic carbocycles. The summed E-state index contributed by atoms with van der Waals surface area (Å²) in [5, 5.41) is 12.6. The highest BCUT2D eigenvalue weighted by molar-refractivity contribution is 5.93. The molecule has 1 fully saturated rings. The van der Waals surface area contributed by atoms with Crippen LogP contribution in [0.2, 0.25) is 0 Å². The number of hydrogen-bond acceptors (Lipinski definition) is 8. The first-order chi connectivity index (χ1) is 23.1. The predicted octanol–water partition coefficient (Wildman–Crippen LogP) is 5.80. The van der Waals surface area contributed by atoms with Gasteiger partial charge < -0.3 is 29.5 Å². The van der Waals surface area contributed by atoms with Crippen LogP contribution in [0.15, 0.2) is 0 Å². The Morgan fingerprint density at radius 3 is 2.00 bits per heavy atom. The molecule has 12 nitrogen and oxygen atoms in total. The van der Waals surface area contributed by atoms with Crippen molar-refractivity contribution < 1.29 is 43.3 Å². The Morgan fingerprint density at radius 2 is 1.54 bits per heavy atom. The lowest BCUT2D eigenvalue weighted by atomic mass is 9.79. The standard InChI is InChI=1S/C38H69N3O9/c1-15-24(6)27(29(48-13)21-30(42)41-20-16-17-28(41)34(49-14)26(8)36(45)46)19-18-25(7)33(43)31(22(2)3)39-35(44)32(23(4)5)40(12)37(47)50-38(9,10)11/h22-29,31-32,34H,15-21H2,1-14H3,(H,39,44)(H,45,46)/t24-,25?,26+,27-,28-,29+,31-,32-,34+/m0/s1. The summed E-state index contributed by atoms with van der Waals surface area (Å²) >= 11 is 0. The molecule has 1 rings (SSSR count). The number of Topliss-reactive ketones (excluding diaryl/α,β-unsaturated/α-hetero) is 1. The monoisotopic (exact) mass is 712 g/mol. The van der Waals surface area contributed by atoms with E-state index in [1.165, 1.54) is 19.1 Å². The number of likely N-dealkylation sites (tertiary alicyclic amines) is 1. The second kappa shape index (κ2) is 20.3. The molecule has 0 aliphatic carbocycles. The molecule has 0 radical (unpaired) electrons. The number of hydrogen-bond donors (Lipinski definition) is 2. The molecule has 9 atom stereocenters. The molecule has 0 saturated carbocycles. The Bertz CT molecular complexity index is 1120. The van der Waals surface area contributed by atoms with Gasteiger partial charge in [0.2, 0.25) is 11.8 Å².